The van der Waals surface area contributed by atoms with Crippen LogP contribution in [-0.2, 0) is 24.9 Å². The minimum atomic E-state index is -0.0663. The van der Waals surface area contributed by atoms with E-state index in [0.717, 1.165) is 21.9 Å². The fraction of sp³-hybridized carbons (Fsp3) is 0.200. The van der Waals surface area contributed by atoms with E-state index in [-0.39, 0.29) is 5.56 Å². The standard InChI is InChI=1S/C20H18Br2N2O2/c21-12-16-3-1-15(2-4-16)7-9-24-10-8-19(11-20(24)25)26-14-18-6-5-17(22)13-23-18/h1-6,8,10-11,13H,7,9,12,14H2. The summed E-state index contributed by atoms with van der Waals surface area (Å²) in [4.78, 5) is 16.5. The molecule has 3 rings (SSSR count). The number of halogens is 2. The molecule has 6 heteroatoms. The zero-order chi connectivity index (χ0) is 18.4. The number of benzene rings is 1. The fourth-order valence-corrected chi connectivity index (χ4v) is 3.07. The molecule has 0 saturated carbocycles. The zero-order valence-electron chi connectivity index (χ0n) is 14.1. The summed E-state index contributed by atoms with van der Waals surface area (Å²) in [7, 11) is 0. The van der Waals surface area contributed by atoms with E-state index in [9.17, 15) is 4.79 Å². The van der Waals surface area contributed by atoms with Crippen molar-refractivity contribution in [3.8, 4) is 5.75 Å². The van der Waals surface area contributed by atoms with Crippen LogP contribution in [-0.4, -0.2) is 9.55 Å². The second kappa shape index (κ2) is 9.14. The van der Waals surface area contributed by atoms with Crippen LogP contribution in [0.25, 0.3) is 0 Å². The lowest BCUT2D eigenvalue weighted by molar-refractivity contribution is 0.300. The first kappa shape index (κ1) is 18.9. The Morgan fingerprint density at radius 1 is 1.04 bits per heavy atom. The highest BCUT2D eigenvalue weighted by molar-refractivity contribution is 9.10. The first-order valence-electron chi connectivity index (χ1n) is 8.21. The second-order valence-corrected chi connectivity index (χ2v) is 7.33. The molecule has 0 unspecified atom stereocenters. The molecule has 0 saturated heterocycles. The molecule has 26 heavy (non-hydrogen) atoms. The van der Waals surface area contributed by atoms with Crippen LogP contribution < -0.4 is 10.3 Å². The van der Waals surface area contributed by atoms with E-state index in [4.69, 9.17) is 4.74 Å². The van der Waals surface area contributed by atoms with Gasteiger partial charge in [0.2, 0.25) is 0 Å². The number of hydrogen-bond donors (Lipinski definition) is 0. The molecule has 0 aliphatic heterocycles. The van der Waals surface area contributed by atoms with Crippen molar-refractivity contribution in [3.63, 3.8) is 0 Å². The van der Waals surface area contributed by atoms with E-state index in [2.05, 4.69) is 61.1 Å². The Balaban J connectivity index is 1.58. The maximum absolute atomic E-state index is 12.3. The average Bonchev–Trinajstić information content (AvgIpc) is 2.67. The molecule has 4 nitrogen and oxygen atoms in total. The smallest absolute Gasteiger partial charge is 0.254 e. The molecule has 0 aliphatic carbocycles. The fourth-order valence-electron chi connectivity index (χ4n) is 2.46. The molecule has 0 spiro atoms. The summed E-state index contributed by atoms with van der Waals surface area (Å²) < 4.78 is 8.28. The molecular weight excluding hydrogens is 460 g/mol. The van der Waals surface area contributed by atoms with Crippen molar-refractivity contribution in [2.24, 2.45) is 0 Å². The van der Waals surface area contributed by atoms with E-state index >= 15 is 0 Å². The van der Waals surface area contributed by atoms with Gasteiger partial charge in [-0.3, -0.25) is 9.78 Å². The lowest BCUT2D eigenvalue weighted by Gasteiger charge is -2.09. The third-order valence-electron chi connectivity index (χ3n) is 3.96. The van der Waals surface area contributed by atoms with Crippen molar-refractivity contribution in [2.75, 3.05) is 0 Å². The lowest BCUT2D eigenvalue weighted by Crippen LogP contribution is -2.19. The van der Waals surface area contributed by atoms with Crippen LogP contribution in [0.3, 0.4) is 0 Å². The van der Waals surface area contributed by atoms with Gasteiger partial charge in [-0.1, -0.05) is 40.2 Å². The number of aromatic nitrogens is 2. The van der Waals surface area contributed by atoms with Crippen LogP contribution in [0.15, 0.2) is 70.2 Å². The Bertz CT molecular complexity index is 906. The van der Waals surface area contributed by atoms with Crippen molar-refractivity contribution in [1.82, 2.24) is 9.55 Å². The molecule has 0 radical (unpaired) electrons. The quantitative estimate of drug-likeness (QED) is 0.462. The molecule has 0 N–H and O–H groups in total. The van der Waals surface area contributed by atoms with Gasteiger partial charge in [0.1, 0.15) is 12.4 Å². The van der Waals surface area contributed by atoms with Crippen molar-refractivity contribution in [3.05, 3.63) is 92.6 Å². The van der Waals surface area contributed by atoms with Crippen LogP contribution in [0.2, 0.25) is 0 Å². The van der Waals surface area contributed by atoms with E-state index in [1.165, 1.54) is 17.2 Å². The molecular formula is C20H18Br2N2O2. The Hall–Kier alpha value is -1.92. The van der Waals surface area contributed by atoms with Gasteiger partial charge in [0.25, 0.3) is 5.56 Å². The maximum atomic E-state index is 12.3. The molecule has 0 aliphatic rings. The molecule has 0 atom stereocenters. The second-order valence-electron chi connectivity index (χ2n) is 5.85. The topological polar surface area (TPSA) is 44.1 Å². The predicted molar refractivity (Wildman–Crippen MR) is 110 cm³/mol. The van der Waals surface area contributed by atoms with Gasteiger partial charge in [0, 0.05) is 34.8 Å². The third-order valence-corrected chi connectivity index (χ3v) is 5.08. The Labute approximate surface area is 169 Å². The summed E-state index contributed by atoms with van der Waals surface area (Å²) in [6, 6.07) is 15.5. The highest BCUT2D eigenvalue weighted by Crippen LogP contribution is 2.12. The van der Waals surface area contributed by atoms with Gasteiger partial charge in [-0.25, -0.2) is 0 Å². The van der Waals surface area contributed by atoms with E-state index in [0.29, 0.717) is 18.9 Å². The largest absolute Gasteiger partial charge is 0.487 e. The zero-order valence-corrected chi connectivity index (χ0v) is 17.2. The van der Waals surface area contributed by atoms with Gasteiger partial charge in [-0.2, -0.15) is 0 Å². The summed E-state index contributed by atoms with van der Waals surface area (Å²) >= 11 is 6.79. The Morgan fingerprint density at radius 2 is 1.81 bits per heavy atom. The number of pyridine rings is 2. The Morgan fingerprint density at radius 3 is 2.46 bits per heavy atom. The first-order valence-corrected chi connectivity index (χ1v) is 10.1. The summed E-state index contributed by atoms with van der Waals surface area (Å²) in [6.45, 7) is 0.970. The number of hydrogen-bond acceptors (Lipinski definition) is 3. The molecule has 134 valence electrons. The number of aryl methyl sites for hydroxylation is 2. The monoisotopic (exact) mass is 476 g/mol. The van der Waals surface area contributed by atoms with Gasteiger partial charge in [0.05, 0.1) is 5.69 Å². The number of ether oxygens (including phenoxy) is 1. The van der Waals surface area contributed by atoms with Crippen LogP contribution in [0.1, 0.15) is 16.8 Å². The van der Waals surface area contributed by atoms with Crippen LogP contribution >= 0.6 is 31.9 Å². The normalized spacial score (nSPS) is 10.7. The average molecular weight is 478 g/mol. The number of rotatable bonds is 7. The van der Waals surface area contributed by atoms with Crippen LogP contribution in [0.5, 0.6) is 5.75 Å². The number of alkyl halides is 1. The third kappa shape index (κ3) is 5.29. The van der Waals surface area contributed by atoms with E-state index in [1.807, 2.05) is 18.2 Å². The molecule has 2 heterocycles. The highest BCUT2D eigenvalue weighted by Gasteiger charge is 2.02. The predicted octanol–water partition coefficient (Wildman–Crippen LogP) is 4.72. The van der Waals surface area contributed by atoms with Crippen LogP contribution in [0, 0.1) is 0 Å². The summed E-state index contributed by atoms with van der Waals surface area (Å²) in [5.74, 6) is 0.553. The summed E-state index contributed by atoms with van der Waals surface area (Å²) in [6.07, 6.45) is 4.31. The van der Waals surface area contributed by atoms with Gasteiger partial charge >= 0.3 is 0 Å². The van der Waals surface area contributed by atoms with Crippen LogP contribution in [0.4, 0.5) is 0 Å². The van der Waals surface area contributed by atoms with Crippen molar-refractivity contribution in [1.29, 1.82) is 0 Å². The van der Waals surface area contributed by atoms with Gasteiger partial charge < -0.3 is 9.30 Å². The molecule has 0 bridgehead atoms. The molecule has 0 fully saturated rings. The summed E-state index contributed by atoms with van der Waals surface area (Å²) in [5, 5.41) is 0.851. The van der Waals surface area contributed by atoms with E-state index in [1.54, 1.807) is 17.0 Å². The molecule has 2 aromatic heterocycles. The van der Waals surface area contributed by atoms with Crippen molar-refractivity contribution >= 4 is 31.9 Å². The minimum Gasteiger partial charge on any atom is -0.487 e. The Kier molecular flexibility index (Phi) is 6.63. The molecule has 1 aromatic carbocycles. The van der Waals surface area contributed by atoms with Crippen molar-refractivity contribution in [2.45, 2.75) is 24.9 Å². The first-order chi connectivity index (χ1) is 12.6. The molecule has 0 amide bonds. The van der Waals surface area contributed by atoms with E-state index < -0.39 is 0 Å². The SMILES string of the molecule is O=c1cc(OCc2ccc(Br)cn2)ccn1CCc1ccc(CBr)cc1. The molecule has 3 aromatic rings. The van der Waals surface area contributed by atoms with Gasteiger partial charge in [0.15, 0.2) is 0 Å². The number of nitrogens with zero attached hydrogens (tertiary/aromatic N) is 2. The van der Waals surface area contributed by atoms with Gasteiger partial charge in [-0.15, -0.1) is 0 Å². The minimum absolute atomic E-state index is 0.0663. The maximum Gasteiger partial charge on any atom is 0.254 e. The summed E-state index contributed by atoms with van der Waals surface area (Å²) in [5.41, 5.74) is 3.20. The lowest BCUT2D eigenvalue weighted by atomic mass is 10.1. The van der Waals surface area contributed by atoms with Crippen molar-refractivity contribution < 1.29 is 4.74 Å². The highest BCUT2D eigenvalue weighted by atomic mass is 79.9. The van der Waals surface area contributed by atoms with Gasteiger partial charge in [-0.05, 0) is 51.7 Å².